The third-order valence-electron chi connectivity index (χ3n) is 10.0. The zero-order valence-corrected chi connectivity index (χ0v) is 29.4. The quantitative estimate of drug-likeness (QED) is 0.167. The second kappa shape index (κ2) is 10.7. The molecule has 0 aliphatic rings. The number of imidazole rings is 4. The first-order chi connectivity index (χ1) is 25.3. The topological polar surface area (TPSA) is 75.2 Å². The zero-order valence-electron chi connectivity index (χ0n) is 27.1. The molecule has 0 saturated carbocycles. The molecular formula is C42H23N9Pt. The van der Waals surface area contributed by atoms with Crippen LogP contribution >= 0.6 is 0 Å². The summed E-state index contributed by atoms with van der Waals surface area (Å²) >= 11 is 0. The molecule has 0 aliphatic carbocycles. The van der Waals surface area contributed by atoms with Crippen molar-refractivity contribution in [1.82, 2.24) is 42.4 Å². The van der Waals surface area contributed by atoms with Gasteiger partial charge in [0, 0.05) is 17.9 Å². The summed E-state index contributed by atoms with van der Waals surface area (Å²) in [4.78, 5) is 19.2. The summed E-state index contributed by atoms with van der Waals surface area (Å²) in [5, 5.41) is 2.26. The van der Waals surface area contributed by atoms with Gasteiger partial charge in [-0.25, -0.2) is 15.0 Å². The van der Waals surface area contributed by atoms with Gasteiger partial charge in [-0.3, -0.25) is 8.80 Å². The van der Waals surface area contributed by atoms with Gasteiger partial charge in [-0.15, -0.1) is 35.7 Å². The summed E-state index contributed by atoms with van der Waals surface area (Å²) in [5.74, 6) is 1.58. The van der Waals surface area contributed by atoms with Crippen molar-refractivity contribution in [2.75, 3.05) is 0 Å². The maximum atomic E-state index is 5.11. The molecule has 246 valence electrons. The van der Waals surface area contributed by atoms with Gasteiger partial charge in [-0.2, -0.15) is 17.1 Å². The van der Waals surface area contributed by atoms with Gasteiger partial charge in [-0.05, 0) is 47.9 Å². The maximum absolute atomic E-state index is 5.11. The third kappa shape index (κ3) is 3.80. The van der Waals surface area contributed by atoms with Crippen molar-refractivity contribution in [2.45, 2.75) is 0 Å². The molecule has 9 nitrogen and oxygen atoms in total. The molecule has 6 aromatic heterocycles. The van der Waals surface area contributed by atoms with Gasteiger partial charge in [0.2, 0.25) is 11.6 Å². The first-order valence-corrected chi connectivity index (χ1v) is 16.8. The maximum Gasteiger partial charge on any atom is 2.00 e. The number of rotatable bonds is 3. The molecule has 0 radical (unpaired) electrons. The predicted octanol–water partition coefficient (Wildman–Crippen LogP) is 8.66. The Morgan fingerprint density at radius 1 is 0.423 bits per heavy atom. The smallest absolute Gasteiger partial charge is 0.358 e. The average molecular weight is 849 g/mol. The molecular weight excluding hydrogens is 826 g/mol. The molecule has 12 aromatic rings. The van der Waals surface area contributed by atoms with E-state index in [2.05, 4.69) is 154 Å². The van der Waals surface area contributed by atoms with E-state index in [1.54, 1.807) is 12.4 Å². The van der Waals surface area contributed by atoms with Gasteiger partial charge < -0.3 is 13.7 Å². The minimum absolute atomic E-state index is 0. The van der Waals surface area contributed by atoms with Crippen molar-refractivity contribution in [2.24, 2.45) is 0 Å². The molecule has 0 aliphatic heterocycles. The van der Waals surface area contributed by atoms with Crippen LogP contribution in [-0.2, 0) is 21.1 Å². The van der Waals surface area contributed by atoms with E-state index in [1.165, 1.54) is 0 Å². The fraction of sp³-hybridized carbons (Fsp3) is 0. The van der Waals surface area contributed by atoms with Gasteiger partial charge >= 0.3 is 21.1 Å². The van der Waals surface area contributed by atoms with Crippen LogP contribution in [0.25, 0.3) is 94.8 Å². The number of para-hydroxylation sites is 7. The molecule has 0 N–H and O–H groups in total. The molecule has 0 amide bonds. The Labute approximate surface area is 308 Å². The van der Waals surface area contributed by atoms with Crippen molar-refractivity contribution in [1.29, 1.82) is 0 Å². The molecule has 0 spiro atoms. The summed E-state index contributed by atoms with van der Waals surface area (Å²) in [6.45, 7) is 0. The Kier molecular flexibility index (Phi) is 6.01. The standard InChI is InChI=1S/C42H23N9.Pt/c1-3-14-32-29(12-1)30-21-20-28(49-34-16-5-7-18-36(34)50-33-15-4-2-13-31(33)45-41(49)50)25-38(30)47(32)26-10-9-11-27(24-26)48-35-17-6-8-19-37(35)51-40-39(46-42(48)51)43-22-23-44-40;/h1-23H;/q-2;+2. The molecule has 6 aromatic carbocycles. The molecule has 12 rings (SSSR count). The van der Waals surface area contributed by atoms with Crippen LogP contribution in [-0.4, -0.2) is 42.4 Å². The summed E-state index contributed by atoms with van der Waals surface area (Å²) in [6.07, 6.45) is 3.39. The fourth-order valence-corrected chi connectivity index (χ4v) is 7.92. The van der Waals surface area contributed by atoms with E-state index in [-0.39, 0.29) is 21.1 Å². The Morgan fingerprint density at radius 3 is 1.81 bits per heavy atom. The van der Waals surface area contributed by atoms with Crippen LogP contribution in [0.3, 0.4) is 0 Å². The molecule has 0 unspecified atom stereocenters. The van der Waals surface area contributed by atoms with Crippen molar-refractivity contribution >= 4 is 77.8 Å². The van der Waals surface area contributed by atoms with Crippen LogP contribution in [0.4, 0.5) is 0 Å². The van der Waals surface area contributed by atoms with Crippen molar-refractivity contribution in [3.63, 3.8) is 0 Å². The zero-order chi connectivity index (χ0) is 33.2. The van der Waals surface area contributed by atoms with Crippen molar-refractivity contribution < 1.29 is 21.1 Å². The molecule has 0 bridgehead atoms. The van der Waals surface area contributed by atoms with Crippen LogP contribution in [0, 0.1) is 12.1 Å². The first-order valence-electron chi connectivity index (χ1n) is 16.8. The predicted molar refractivity (Wildman–Crippen MR) is 200 cm³/mol. The van der Waals surface area contributed by atoms with Crippen LogP contribution in [0.15, 0.2) is 140 Å². The molecule has 0 saturated heterocycles. The Bertz CT molecular complexity index is 3390. The van der Waals surface area contributed by atoms with E-state index < -0.39 is 0 Å². The Morgan fingerprint density at radius 2 is 1.02 bits per heavy atom. The van der Waals surface area contributed by atoms with Gasteiger partial charge in [0.15, 0.2) is 11.3 Å². The van der Waals surface area contributed by atoms with Gasteiger partial charge in [-0.1, -0.05) is 77.2 Å². The minimum Gasteiger partial charge on any atom is -0.358 e. The number of hydrogen-bond acceptors (Lipinski definition) is 4. The van der Waals surface area contributed by atoms with E-state index in [4.69, 9.17) is 9.97 Å². The van der Waals surface area contributed by atoms with Crippen molar-refractivity contribution in [3.8, 4) is 17.1 Å². The molecule has 10 heteroatoms. The van der Waals surface area contributed by atoms with E-state index in [0.717, 1.165) is 89.2 Å². The summed E-state index contributed by atoms with van der Waals surface area (Å²) in [6, 6.07) is 51.8. The molecule has 52 heavy (non-hydrogen) atoms. The summed E-state index contributed by atoms with van der Waals surface area (Å²) in [7, 11) is 0. The number of fused-ring (bicyclic) bond motifs is 13. The first kappa shape index (κ1) is 29.2. The second-order valence-electron chi connectivity index (χ2n) is 12.7. The number of nitrogens with zero attached hydrogens (tertiary/aromatic N) is 9. The average Bonchev–Trinajstić information content (AvgIpc) is 3.97. The van der Waals surface area contributed by atoms with E-state index in [0.29, 0.717) is 5.65 Å². The largest absolute Gasteiger partial charge is 2.00 e. The van der Waals surface area contributed by atoms with Gasteiger partial charge in [0.1, 0.15) is 0 Å². The Hall–Kier alpha value is -6.57. The normalized spacial score (nSPS) is 12.1. The van der Waals surface area contributed by atoms with E-state index in [1.807, 2.05) is 18.2 Å². The number of benzene rings is 6. The van der Waals surface area contributed by atoms with Crippen molar-refractivity contribution in [3.05, 3.63) is 152 Å². The van der Waals surface area contributed by atoms with Gasteiger partial charge in [0.25, 0.3) is 0 Å². The van der Waals surface area contributed by atoms with Gasteiger partial charge in [0.05, 0.1) is 33.1 Å². The SMILES string of the molecule is [Pt+2].[c-]1c(-n2c3[c-]c(-n4c5ccccc5n5c6ccccc6nc45)ccc3c3ccccc32)cccc1-n1c2ccccc2n2c3nccnc3nc12. The number of hydrogen-bond donors (Lipinski definition) is 0. The number of aromatic nitrogens is 9. The van der Waals surface area contributed by atoms with Crippen LogP contribution in [0.1, 0.15) is 0 Å². The van der Waals surface area contributed by atoms with E-state index >= 15 is 0 Å². The second-order valence-corrected chi connectivity index (χ2v) is 12.7. The summed E-state index contributed by atoms with van der Waals surface area (Å²) < 4.78 is 10.9. The molecule has 6 heterocycles. The fourth-order valence-electron chi connectivity index (χ4n) is 7.92. The Balaban J connectivity index is 0.00000320. The molecule has 0 fully saturated rings. The van der Waals surface area contributed by atoms with Crippen LogP contribution in [0.2, 0.25) is 0 Å². The minimum atomic E-state index is 0. The van der Waals surface area contributed by atoms with Crippen LogP contribution in [0.5, 0.6) is 0 Å². The van der Waals surface area contributed by atoms with Crippen LogP contribution < -0.4 is 0 Å². The monoisotopic (exact) mass is 848 g/mol. The van der Waals surface area contributed by atoms with E-state index in [9.17, 15) is 0 Å². The third-order valence-corrected chi connectivity index (χ3v) is 10.0. The summed E-state index contributed by atoms with van der Waals surface area (Å²) in [5.41, 5.74) is 12.2. The molecule has 0 atom stereocenters.